The zero-order chi connectivity index (χ0) is 20.1. The molecule has 7 nitrogen and oxygen atoms in total. The van der Waals surface area contributed by atoms with Crippen molar-refractivity contribution in [2.24, 2.45) is 0 Å². The van der Waals surface area contributed by atoms with Crippen LogP contribution in [-0.4, -0.2) is 21.3 Å². The van der Waals surface area contributed by atoms with Gasteiger partial charge in [-0.25, -0.2) is 4.98 Å². The maximum atomic E-state index is 12.3. The minimum absolute atomic E-state index is 0.0186. The summed E-state index contributed by atoms with van der Waals surface area (Å²) >= 11 is 0. The average molecular weight is 379 g/mol. The molecule has 0 saturated carbocycles. The molecule has 1 atom stereocenters. The fourth-order valence-corrected chi connectivity index (χ4v) is 3.00. The predicted octanol–water partition coefficient (Wildman–Crippen LogP) is 2.31. The van der Waals surface area contributed by atoms with Crippen LogP contribution in [0.5, 0.6) is 0 Å². The van der Waals surface area contributed by atoms with E-state index in [2.05, 4.69) is 10.3 Å². The number of benzene rings is 1. The maximum absolute atomic E-state index is 12.3. The molecule has 3 rings (SSSR count). The molecule has 144 valence electrons. The van der Waals surface area contributed by atoms with Gasteiger partial charge in [-0.2, -0.15) is 0 Å². The van der Waals surface area contributed by atoms with Gasteiger partial charge in [-0.15, -0.1) is 0 Å². The summed E-state index contributed by atoms with van der Waals surface area (Å²) in [5.41, 5.74) is 2.24. The first kappa shape index (κ1) is 19.3. The lowest BCUT2D eigenvalue weighted by Crippen LogP contribution is -2.28. The number of aryl methyl sites for hydroxylation is 1. The summed E-state index contributed by atoms with van der Waals surface area (Å²) in [6.07, 6.45) is -0.0186. The maximum Gasteiger partial charge on any atom is 0.308 e. The van der Waals surface area contributed by atoms with Crippen LogP contribution >= 0.6 is 0 Å². The number of rotatable bonds is 6. The number of hydrogen-bond donors (Lipinski definition) is 1. The van der Waals surface area contributed by atoms with Crippen LogP contribution in [0.4, 0.5) is 0 Å². The van der Waals surface area contributed by atoms with E-state index in [9.17, 15) is 14.4 Å². The number of carbonyl (C=O) groups is 2. The molecule has 1 amide bonds. The molecule has 0 fully saturated rings. The predicted molar refractivity (Wildman–Crippen MR) is 104 cm³/mol. The quantitative estimate of drug-likeness (QED) is 0.664. The smallest absolute Gasteiger partial charge is 0.308 e. The second-order valence-electron chi connectivity index (χ2n) is 6.48. The van der Waals surface area contributed by atoms with Crippen LogP contribution in [0.2, 0.25) is 0 Å². The third kappa shape index (κ3) is 4.62. The Morgan fingerprint density at radius 2 is 1.89 bits per heavy atom. The summed E-state index contributed by atoms with van der Waals surface area (Å²) in [6, 6.07) is 15.4. The van der Waals surface area contributed by atoms with Crippen LogP contribution in [0.25, 0.3) is 5.65 Å². The number of esters is 1. The molecule has 0 saturated heterocycles. The van der Waals surface area contributed by atoms with E-state index in [0.29, 0.717) is 11.3 Å². The lowest BCUT2D eigenvalue weighted by molar-refractivity contribution is -0.145. The highest BCUT2D eigenvalue weighted by molar-refractivity contribution is 5.76. The Labute approximate surface area is 162 Å². The summed E-state index contributed by atoms with van der Waals surface area (Å²) in [7, 11) is 0. The highest BCUT2D eigenvalue weighted by atomic mass is 16.5. The Morgan fingerprint density at radius 3 is 2.61 bits per heavy atom. The van der Waals surface area contributed by atoms with Crippen molar-refractivity contribution in [1.29, 1.82) is 0 Å². The molecule has 3 aromatic rings. The molecule has 1 aromatic carbocycles. The summed E-state index contributed by atoms with van der Waals surface area (Å²) < 4.78 is 6.79. The summed E-state index contributed by atoms with van der Waals surface area (Å²) in [5, 5.41) is 2.76. The van der Waals surface area contributed by atoms with Crippen molar-refractivity contribution < 1.29 is 14.3 Å². The third-order valence-electron chi connectivity index (χ3n) is 4.26. The van der Waals surface area contributed by atoms with Crippen molar-refractivity contribution in [2.75, 3.05) is 0 Å². The van der Waals surface area contributed by atoms with Gasteiger partial charge in [0.15, 0.2) is 0 Å². The number of ether oxygens (including phenoxy) is 1. The van der Waals surface area contributed by atoms with E-state index in [4.69, 9.17) is 4.74 Å². The molecule has 1 unspecified atom stereocenters. The summed E-state index contributed by atoms with van der Waals surface area (Å²) in [5.74, 6) is -0.727. The number of fused-ring (bicyclic) bond motifs is 1. The molecular formula is C21H21N3O4. The van der Waals surface area contributed by atoms with Gasteiger partial charge >= 0.3 is 5.97 Å². The van der Waals surface area contributed by atoms with Gasteiger partial charge in [0, 0.05) is 18.7 Å². The summed E-state index contributed by atoms with van der Waals surface area (Å²) in [6.45, 7) is 3.11. The highest BCUT2D eigenvalue weighted by Crippen LogP contribution is 2.17. The molecule has 2 aromatic heterocycles. The molecule has 0 aliphatic heterocycles. The molecule has 0 spiro atoms. The molecular weight excluding hydrogens is 358 g/mol. The van der Waals surface area contributed by atoms with Crippen LogP contribution in [0.1, 0.15) is 36.3 Å². The molecule has 7 heteroatoms. The van der Waals surface area contributed by atoms with E-state index < -0.39 is 12.0 Å². The SMILES string of the molecule is CC(=O)NC(CC(=O)OCc1cc(=O)n2c(C)cccc2n1)c1ccccc1. The normalized spacial score (nSPS) is 11.8. The monoisotopic (exact) mass is 379 g/mol. The van der Waals surface area contributed by atoms with Crippen LogP contribution in [0, 0.1) is 6.92 Å². The largest absolute Gasteiger partial charge is 0.459 e. The van der Waals surface area contributed by atoms with Gasteiger partial charge in [-0.1, -0.05) is 36.4 Å². The topological polar surface area (TPSA) is 89.8 Å². The average Bonchev–Trinajstić information content (AvgIpc) is 2.66. The number of pyridine rings is 1. The van der Waals surface area contributed by atoms with Gasteiger partial charge in [0.25, 0.3) is 5.56 Å². The zero-order valence-corrected chi connectivity index (χ0v) is 15.7. The number of amides is 1. The first-order chi connectivity index (χ1) is 13.4. The molecule has 28 heavy (non-hydrogen) atoms. The molecule has 0 bridgehead atoms. The first-order valence-electron chi connectivity index (χ1n) is 8.90. The Hall–Kier alpha value is -3.48. The van der Waals surface area contributed by atoms with E-state index in [-0.39, 0.29) is 24.5 Å². The molecule has 1 N–H and O–H groups in total. The van der Waals surface area contributed by atoms with Crippen molar-refractivity contribution in [3.63, 3.8) is 0 Å². The fourth-order valence-electron chi connectivity index (χ4n) is 3.00. The fraction of sp³-hybridized carbons (Fsp3) is 0.238. The van der Waals surface area contributed by atoms with Gasteiger partial charge < -0.3 is 10.1 Å². The Morgan fingerprint density at radius 1 is 1.14 bits per heavy atom. The standard InChI is InChI=1S/C21H21N3O4/c1-14-7-6-10-19-23-17(11-20(26)24(14)19)13-28-21(27)12-18(22-15(2)25)16-8-4-3-5-9-16/h3-11,18H,12-13H2,1-2H3,(H,22,25). The van der Waals surface area contributed by atoms with Crippen molar-refractivity contribution in [2.45, 2.75) is 32.9 Å². The minimum Gasteiger partial charge on any atom is -0.459 e. The second kappa shape index (κ2) is 8.47. The molecule has 0 aliphatic carbocycles. The second-order valence-corrected chi connectivity index (χ2v) is 6.48. The molecule has 0 radical (unpaired) electrons. The van der Waals surface area contributed by atoms with Gasteiger partial charge in [0.2, 0.25) is 5.91 Å². The van der Waals surface area contributed by atoms with Crippen LogP contribution < -0.4 is 10.9 Å². The van der Waals surface area contributed by atoms with Gasteiger partial charge in [-0.05, 0) is 24.6 Å². The van der Waals surface area contributed by atoms with E-state index in [0.717, 1.165) is 11.3 Å². The van der Waals surface area contributed by atoms with Crippen molar-refractivity contribution in [3.8, 4) is 0 Å². The Bertz CT molecular complexity index is 1060. The third-order valence-corrected chi connectivity index (χ3v) is 4.26. The van der Waals surface area contributed by atoms with E-state index in [1.165, 1.54) is 17.4 Å². The van der Waals surface area contributed by atoms with Crippen LogP contribution in [-0.2, 0) is 20.9 Å². The zero-order valence-electron chi connectivity index (χ0n) is 15.7. The number of nitrogens with one attached hydrogen (secondary N) is 1. The van der Waals surface area contributed by atoms with E-state index in [1.807, 2.05) is 49.4 Å². The first-order valence-corrected chi connectivity index (χ1v) is 8.90. The number of aromatic nitrogens is 2. The number of nitrogens with zero attached hydrogens (tertiary/aromatic N) is 2. The van der Waals surface area contributed by atoms with E-state index in [1.54, 1.807) is 6.07 Å². The van der Waals surface area contributed by atoms with E-state index >= 15 is 0 Å². The van der Waals surface area contributed by atoms with Crippen molar-refractivity contribution >= 4 is 17.5 Å². The Balaban J connectivity index is 1.70. The lowest BCUT2D eigenvalue weighted by atomic mass is 10.0. The van der Waals surface area contributed by atoms with Crippen LogP contribution in [0.3, 0.4) is 0 Å². The van der Waals surface area contributed by atoms with Crippen LogP contribution in [0.15, 0.2) is 59.4 Å². The Kier molecular flexibility index (Phi) is 5.84. The number of hydrogen-bond acceptors (Lipinski definition) is 5. The van der Waals surface area contributed by atoms with Gasteiger partial charge in [0.05, 0.1) is 18.2 Å². The highest BCUT2D eigenvalue weighted by Gasteiger charge is 2.18. The molecule has 2 heterocycles. The van der Waals surface area contributed by atoms with Crippen molar-refractivity contribution in [3.05, 3.63) is 81.9 Å². The van der Waals surface area contributed by atoms with Crippen molar-refractivity contribution in [1.82, 2.24) is 14.7 Å². The van der Waals surface area contributed by atoms with Gasteiger partial charge in [-0.3, -0.25) is 18.8 Å². The minimum atomic E-state index is -0.492. The summed E-state index contributed by atoms with van der Waals surface area (Å²) in [4.78, 5) is 40.4. The lowest BCUT2D eigenvalue weighted by Gasteiger charge is -2.17. The number of carbonyl (C=O) groups excluding carboxylic acids is 2. The van der Waals surface area contributed by atoms with Gasteiger partial charge in [0.1, 0.15) is 12.3 Å². The molecule has 0 aliphatic rings.